The number of hydrogen-bond donors (Lipinski definition) is 6. The number of nitrogens with one attached hydrogen (secondary N) is 1. The Kier molecular flexibility index (Phi) is 43.2. The Bertz CT molecular complexity index is 1300. The zero-order valence-corrected chi connectivity index (χ0v) is 44.3. The van der Waals surface area contributed by atoms with E-state index in [4.69, 9.17) is 9.47 Å². The van der Waals surface area contributed by atoms with Gasteiger partial charge in [0, 0.05) is 6.42 Å². The van der Waals surface area contributed by atoms with Gasteiger partial charge in [-0.25, -0.2) is 4.18 Å². The molecule has 7 atom stereocenters. The lowest BCUT2D eigenvalue weighted by atomic mass is 9.99. The second-order valence-corrected chi connectivity index (χ2v) is 20.9. The molecule has 1 amide bonds. The van der Waals surface area contributed by atoms with Gasteiger partial charge >= 0.3 is 10.4 Å². The highest BCUT2D eigenvalue weighted by atomic mass is 32.3. The molecule has 1 heterocycles. The van der Waals surface area contributed by atoms with Gasteiger partial charge in [0.15, 0.2) is 6.29 Å². The van der Waals surface area contributed by atoms with Crippen LogP contribution < -0.4 is 5.32 Å². The first-order valence-corrected chi connectivity index (χ1v) is 29.6. The van der Waals surface area contributed by atoms with Gasteiger partial charge in [-0.15, -0.1) is 0 Å². The lowest BCUT2D eigenvalue weighted by Crippen LogP contribution is -2.61. The molecule has 0 aliphatic carbocycles. The number of ether oxygens (including phenoxy) is 2. The van der Waals surface area contributed by atoms with Gasteiger partial charge in [-0.1, -0.05) is 237 Å². The monoisotopic (exact) mass is 988 g/mol. The summed E-state index contributed by atoms with van der Waals surface area (Å²) < 4.78 is 47.7. The van der Waals surface area contributed by atoms with Crippen LogP contribution in [0.25, 0.3) is 0 Å². The van der Waals surface area contributed by atoms with Crippen molar-refractivity contribution in [2.45, 2.75) is 307 Å². The second kappa shape index (κ2) is 45.4. The molecular formula is C55H105NO11S. The predicted octanol–water partition coefficient (Wildman–Crippen LogP) is 12.8. The number of rotatable bonds is 49. The Hall–Kier alpha value is -1.42. The summed E-state index contributed by atoms with van der Waals surface area (Å²) in [6.45, 7) is 3.45. The highest BCUT2D eigenvalue weighted by Crippen LogP contribution is 2.26. The standard InChI is InChI=1S/C55H105NO11S/c1-3-5-7-9-11-13-15-16-17-18-19-20-21-22-23-24-25-26-27-28-29-30-31-32-33-34-35-37-39-41-43-45-51(59)56-48(49(58)44-42-40-38-36-14-12-10-8-6-4-2)47-65-55-53(61)54(67-68(62,63)64)52(60)50(46-57)66-55/h19-20,22-23,48-50,52-55,57-58,60-61H,3-18,21,24-47H2,1-2H3,(H,56,59)(H,62,63,64)/b20-19-,23-22-. The van der Waals surface area contributed by atoms with Crippen molar-refractivity contribution in [1.82, 2.24) is 5.32 Å². The molecule has 68 heavy (non-hydrogen) atoms. The van der Waals surface area contributed by atoms with Crippen molar-refractivity contribution in [2.24, 2.45) is 0 Å². The van der Waals surface area contributed by atoms with Crippen molar-refractivity contribution in [3.8, 4) is 0 Å². The largest absolute Gasteiger partial charge is 0.397 e. The SMILES string of the molecule is CCCCCCCCCCC/C=C\C/C=C\CCCCCCCCCCCCCCCCCC(=O)NC(COC1OC(CO)C(O)C(OS(=O)(=O)O)C1O)C(O)CCCCCCCCCCCC. The number of carbonyl (C=O) groups excluding carboxylic acids is 1. The minimum Gasteiger partial charge on any atom is -0.394 e. The van der Waals surface area contributed by atoms with Crippen molar-refractivity contribution in [3.05, 3.63) is 24.3 Å². The predicted molar refractivity (Wildman–Crippen MR) is 278 cm³/mol. The van der Waals surface area contributed by atoms with Crippen LogP contribution >= 0.6 is 0 Å². The zero-order chi connectivity index (χ0) is 49.8. The number of hydrogen-bond acceptors (Lipinski definition) is 10. The first-order valence-electron chi connectivity index (χ1n) is 28.2. The van der Waals surface area contributed by atoms with E-state index in [9.17, 15) is 38.2 Å². The van der Waals surface area contributed by atoms with Crippen LogP contribution in [0.4, 0.5) is 0 Å². The van der Waals surface area contributed by atoms with Gasteiger partial charge in [-0.3, -0.25) is 9.35 Å². The van der Waals surface area contributed by atoms with Crippen LogP contribution in [0.3, 0.4) is 0 Å². The molecule has 7 unspecified atom stereocenters. The van der Waals surface area contributed by atoms with Crippen LogP contribution in [0.5, 0.6) is 0 Å². The Morgan fingerprint density at radius 3 is 1.40 bits per heavy atom. The Balaban J connectivity index is 2.22. The summed E-state index contributed by atoms with van der Waals surface area (Å²) in [5, 5.41) is 44.9. The zero-order valence-electron chi connectivity index (χ0n) is 43.4. The van der Waals surface area contributed by atoms with Gasteiger partial charge < -0.3 is 35.2 Å². The molecule has 13 heteroatoms. The van der Waals surface area contributed by atoms with E-state index in [1.807, 2.05) is 0 Å². The summed E-state index contributed by atoms with van der Waals surface area (Å²) in [6.07, 6.45) is 46.4. The number of unbranched alkanes of at least 4 members (excludes halogenated alkanes) is 33. The fourth-order valence-electron chi connectivity index (χ4n) is 9.14. The summed E-state index contributed by atoms with van der Waals surface area (Å²) >= 11 is 0. The molecule has 0 aromatic rings. The fraction of sp³-hybridized carbons (Fsp3) is 0.909. The summed E-state index contributed by atoms with van der Waals surface area (Å²) in [4.78, 5) is 13.1. The van der Waals surface area contributed by atoms with Crippen molar-refractivity contribution in [1.29, 1.82) is 0 Å². The van der Waals surface area contributed by atoms with Crippen molar-refractivity contribution < 1.29 is 51.8 Å². The lowest BCUT2D eigenvalue weighted by Gasteiger charge is -2.41. The van der Waals surface area contributed by atoms with E-state index in [-0.39, 0.29) is 12.5 Å². The maximum atomic E-state index is 13.1. The molecule has 1 aliphatic rings. The third-order valence-corrected chi connectivity index (χ3v) is 14.0. The van der Waals surface area contributed by atoms with E-state index in [1.54, 1.807) is 0 Å². The molecular weight excluding hydrogens is 883 g/mol. The third-order valence-electron chi connectivity index (χ3n) is 13.5. The molecule has 402 valence electrons. The number of amides is 1. The molecule has 0 radical (unpaired) electrons. The van der Waals surface area contributed by atoms with E-state index in [0.717, 1.165) is 57.8 Å². The lowest BCUT2D eigenvalue weighted by molar-refractivity contribution is -0.298. The average Bonchev–Trinajstić information content (AvgIpc) is 3.31. The molecule has 1 saturated heterocycles. The smallest absolute Gasteiger partial charge is 0.394 e. The van der Waals surface area contributed by atoms with E-state index < -0.39 is 59.9 Å². The first-order chi connectivity index (χ1) is 33.0. The van der Waals surface area contributed by atoms with Gasteiger partial charge in [-0.05, 0) is 44.9 Å². The van der Waals surface area contributed by atoms with Gasteiger partial charge in [0.25, 0.3) is 0 Å². The highest BCUT2D eigenvalue weighted by molar-refractivity contribution is 7.80. The van der Waals surface area contributed by atoms with Crippen LogP contribution in [-0.4, -0.2) is 95.4 Å². The van der Waals surface area contributed by atoms with Crippen LogP contribution in [0.2, 0.25) is 0 Å². The van der Waals surface area contributed by atoms with E-state index in [1.165, 1.54) is 180 Å². The van der Waals surface area contributed by atoms with Gasteiger partial charge in [0.1, 0.15) is 24.4 Å². The molecule has 1 rings (SSSR count). The summed E-state index contributed by atoms with van der Waals surface area (Å²) in [5.41, 5.74) is 0. The Morgan fingerprint density at radius 1 is 0.588 bits per heavy atom. The normalized spacial score (nSPS) is 19.9. The molecule has 0 saturated carbocycles. The minimum atomic E-state index is -5.08. The van der Waals surface area contributed by atoms with E-state index in [0.29, 0.717) is 12.8 Å². The fourth-order valence-corrected chi connectivity index (χ4v) is 9.65. The molecule has 0 bridgehead atoms. The van der Waals surface area contributed by atoms with Gasteiger partial charge in [0.05, 0.1) is 25.4 Å². The number of carbonyl (C=O) groups is 1. The Labute approximate surface area is 416 Å². The number of allylic oxidation sites excluding steroid dienone is 4. The number of aliphatic hydroxyl groups is 4. The van der Waals surface area contributed by atoms with Gasteiger partial charge in [0.2, 0.25) is 5.91 Å². The average molecular weight is 989 g/mol. The maximum Gasteiger partial charge on any atom is 0.397 e. The summed E-state index contributed by atoms with van der Waals surface area (Å²) in [7, 11) is -5.08. The Morgan fingerprint density at radius 2 is 0.985 bits per heavy atom. The van der Waals surface area contributed by atoms with Crippen molar-refractivity contribution in [2.75, 3.05) is 13.2 Å². The van der Waals surface area contributed by atoms with E-state index in [2.05, 4.69) is 47.7 Å². The third kappa shape index (κ3) is 37.4. The quantitative estimate of drug-likeness (QED) is 0.0193. The van der Waals surface area contributed by atoms with Crippen LogP contribution in [0, 0.1) is 0 Å². The van der Waals surface area contributed by atoms with E-state index >= 15 is 0 Å². The molecule has 12 nitrogen and oxygen atoms in total. The minimum absolute atomic E-state index is 0.229. The number of aliphatic hydroxyl groups excluding tert-OH is 4. The van der Waals surface area contributed by atoms with Crippen molar-refractivity contribution in [3.63, 3.8) is 0 Å². The van der Waals surface area contributed by atoms with Crippen LogP contribution in [0.1, 0.15) is 264 Å². The maximum absolute atomic E-state index is 13.1. The van der Waals surface area contributed by atoms with Gasteiger partial charge in [-0.2, -0.15) is 8.42 Å². The molecule has 0 aromatic heterocycles. The summed E-state index contributed by atoms with van der Waals surface area (Å²) in [5.74, 6) is -0.229. The highest BCUT2D eigenvalue weighted by Gasteiger charge is 2.48. The van der Waals surface area contributed by atoms with Crippen molar-refractivity contribution >= 4 is 16.3 Å². The van der Waals surface area contributed by atoms with Crippen LogP contribution in [0.15, 0.2) is 24.3 Å². The summed E-state index contributed by atoms with van der Waals surface area (Å²) in [6, 6.07) is -0.855. The molecule has 1 aliphatic heterocycles. The molecule has 6 N–H and O–H groups in total. The first kappa shape index (κ1) is 64.6. The molecule has 0 aromatic carbocycles. The van der Waals surface area contributed by atoms with Crippen LogP contribution in [-0.2, 0) is 28.9 Å². The topological polar surface area (TPSA) is 192 Å². The molecule has 1 fully saturated rings. The second-order valence-electron chi connectivity index (χ2n) is 19.9. The molecule has 0 spiro atoms.